The van der Waals surface area contributed by atoms with E-state index in [4.69, 9.17) is 21.1 Å². The molecule has 0 bridgehead atoms. The summed E-state index contributed by atoms with van der Waals surface area (Å²) in [5, 5.41) is 3.39. The predicted octanol–water partition coefficient (Wildman–Crippen LogP) is 5.24. The largest absolute Gasteiger partial charge is 0.457 e. The van der Waals surface area contributed by atoms with Crippen molar-refractivity contribution in [1.29, 1.82) is 0 Å². The number of aliphatic imine (C=N–C) groups is 1. The molecule has 176 valence electrons. The van der Waals surface area contributed by atoms with Crippen LogP contribution in [0.15, 0.2) is 95.8 Å². The molecule has 0 unspecified atom stereocenters. The van der Waals surface area contributed by atoms with Crippen molar-refractivity contribution < 1.29 is 19.1 Å². The summed E-state index contributed by atoms with van der Waals surface area (Å²) in [5.41, 5.74) is 1.48. The number of halogens is 1. The molecule has 9 heteroatoms. The van der Waals surface area contributed by atoms with Gasteiger partial charge in [0.15, 0.2) is 0 Å². The molecule has 0 aliphatic carbocycles. The quantitative estimate of drug-likeness (QED) is 0.513. The molecule has 0 saturated heterocycles. The summed E-state index contributed by atoms with van der Waals surface area (Å²) in [7, 11) is 0. The van der Waals surface area contributed by atoms with Gasteiger partial charge in [-0.05, 0) is 54.1 Å². The third-order valence-electron chi connectivity index (χ3n) is 5.37. The molecule has 5 rings (SSSR count). The molecule has 2 aliphatic heterocycles. The summed E-state index contributed by atoms with van der Waals surface area (Å²) in [5.74, 6) is 0.988. The number of carbonyl (C=O) groups is 2. The van der Waals surface area contributed by atoms with E-state index in [2.05, 4.69) is 10.3 Å². The summed E-state index contributed by atoms with van der Waals surface area (Å²) in [4.78, 5) is 32.7. The van der Waals surface area contributed by atoms with Crippen LogP contribution in [0, 0.1) is 0 Å². The Morgan fingerprint density at radius 1 is 1.00 bits per heavy atom. The van der Waals surface area contributed by atoms with Gasteiger partial charge in [-0.2, -0.15) is 0 Å². The number of urea groups is 1. The van der Waals surface area contributed by atoms with E-state index in [0.29, 0.717) is 36.1 Å². The Bertz CT molecular complexity index is 1310. The molecule has 0 radical (unpaired) electrons. The average molecular weight is 489 g/mol. The summed E-state index contributed by atoms with van der Waals surface area (Å²) < 4.78 is 11.4. The number of amides is 3. The normalized spacial score (nSPS) is 14.9. The number of benzene rings is 3. The third kappa shape index (κ3) is 5.44. The number of ether oxygens (including phenoxy) is 2. The second-order valence-electron chi connectivity index (χ2n) is 7.91. The van der Waals surface area contributed by atoms with Crippen LogP contribution in [0.4, 0.5) is 10.5 Å². The smallest absolute Gasteiger partial charge is 0.348 e. The van der Waals surface area contributed by atoms with Gasteiger partial charge in [-0.25, -0.2) is 4.79 Å². The molecular weight excluding hydrogens is 468 g/mol. The van der Waals surface area contributed by atoms with Crippen LogP contribution in [0.1, 0.15) is 5.56 Å². The van der Waals surface area contributed by atoms with Gasteiger partial charge in [0, 0.05) is 30.3 Å². The van der Waals surface area contributed by atoms with E-state index in [0.717, 1.165) is 11.3 Å². The first-order chi connectivity index (χ1) is 17.0. The predicted molar refractivity (Wildman–Crippen MR) is 132 cm³/mol. The first kappa shape index (κ1) is 22.5. The molecule has 0 atom stereocenters. The minimum absolute atomic E-state index is 0.0597. The van der Waals surface area contributed by atoms with Gasteiger partial charge in [0.05, 0.1) is 6.20 Å². The Kier molecular flexibility index (Phi) is 6.36. The van der Waals surface area contributed by atoms with Crippen molar-refractivity contribution in [2.75, 3.05) is 18.4 Å². The number of amidine groups is 1. The number of para-hydroxylation sites is 1. The summed E-state index contributed by atoms with van der Waals surface area (Å²) in [6, 6.07) is 23.4. The summed E-state index contributed by atoms with van der Waals surface area (Å²) >= 11 is 6.04. The molecule has 3 aromatic carbocycles. The van der Waals surface area contributed by atoms with Crippen LogP contribution in [0.25, 0.3) is 0 Å². The van der Waals surface area contributed by atoms with E-state index in [1.54, 1.807) is 46.3 Å². The van der Waals surface area contributed by atoms with Gasteiger partial charge in [0.2, 0.25) is 5.76 Å². The summed E-state index contributed by atoms with van der Waals surface area (Å²) in [6.45, 7) is 1.23. The van der Waals surface area contributed by atoms with Crippen molar-refractivity contribution in [3.63, 3.8) is 0 Å². The molecule has 35 heavy (non-hydrogen) atoms. The molecule has 1 N–H and O–H groups in total. The lowest BCUT2D eigenvalue weighted by Gasteiger charge is -2.19. The molecule has 0 spiro atoms. The van der Waals surface area contributed by atoms with Gasteiger partial charge < -0.3 is 19.7 Å². The number of hydrogen-bond acceptors (Lipinski definition) is 5. The van der Waals surface area contributed by atoms with Crippen LogP contribution in [0.5, 0.6) is 11.5 Å². The molecule has 3 amide bonds. The number of rotatable bonds is 6. The number of carbonyl (C=O) groups excluding carboxylic acids is 2. The van der Waals surface area contributed by atoms with Gasteiger partial charge in [-0.3, -0.25) is 9.69 Å². The maximum absolute atomic E-state index is 12.7. The van der Waals surface area contributed by atoms with Gasteiger partial charge in [-0.15, -0.1) is 4.99 Å². The molecule has 2 heterocycles. The van der Waals surface area contributed by atoms with Gasteiger partial charge >= 0.3 is 12.1 Å². The maximum atomic E-state index is 12.7. The van der Waals surface area contributed by atoms with Crippen LogP contribution < -0.4 is 10.1 Å². The Balaban J connectivity index is 1.19. The highest BCUT2D eigenvalue weighted by Crippen LogP contribution is 2.24. The molecular formula is C26H21ClN4O4. The fraction of sp³-hybridized carbons (Fsp3) is 0.115. The highest BCUT2D eigenvalue weighted by molar-refractivity contribution is 6.30. The Morgan fingerprint density at radius 3 is 2.54 bits per heavy atom. The molecule has 8 nitrogen and oxygen atoms in total. The Morgan fingerprint density at radius 2 is 1.77 bits per heavy atom. The van der Waals surface area contributed by atoms with Crippen molar-refractivity contribution in [3.8, 4) is 11.5 Å². The molecule has 0 aromatic heterocycles. The van der Waals surface area contributed by atoms with Crippen LogP contribution in [-0.4, -0.2) is 40.8 Å². The van der Waals surface area contributed by atoms with Gasteiger partial charge in [0.25, 0.3) is 5.91 Å². The number of fused-ring (bicyclic) bond motifs is 1. The van der Waals surface area contributed by atoms with Gasteiger partial charge in [0.1, 0.15) is 11.5 Å². The van der Waals surface area contributed by atoms with E-state index in [1.165, 1.54) is 0 Å². The van der Waals surface area contributed by atoms with E-state index >= 15 is 0 Å². The van der Waals surface area contributed by atoms with Crippen LogP contribution in [0.3, 0.4) is 0 Å². The third-order valence-corrected chi connectivity index (χ3v) is 5.61. The van der Waals surface area contributed by atoms with Crippen LogP contribution >= 0.6 is 11.6 Å². The molecule has 2 aliphatic rings. The topological polar surface area (TPSA) is 83.5 Å². The number of anilines is 1. The first-order valence-electron chi connectivity index (χ1n) is 11.0. The molecule has 0 fully saturated rings. The van der Waals surface area contributed by atoms with Crippen molar-refractivity contribution >= 4 is 35.2 Å². The lowest BCUT2D eigenvalue weighted by molar-refractivity contribution is -0.114. The van der Waals surface area contributed by atoms with Crippen LogP contribution in [0.2, 0.25) is 5.02 Å². The van der Waals surface area contributed by atoms with Crippen molar-refractivity contribution in [2.24, 2.45) is 4.99 Å². The first-order valence-corrected chi connectivity index (χ1v) is 11.3. The Labute approximate surface area is 207 Å². The minimum Gasteiger partial charge on any atom is -0.457 e. The van der Waals surface area contributed by atoms with Crippen LogP contribution in [-0.2, 0) is 16.1 Å². The fourth-order valence-electron chi connectivity index (χ4n) is 3.63. The van der Waals surface area contributed by atoms with E-state index in [1.807, 2.05) is 48.5 Å². The van der Waals surface area contributed by atoms with Crippen molar-refractivity contribution in [1.82, 2.24) is 9.80 Å². The second kappa shape index (κ2) is 9.90. The zero-order valence-electron chi connectivity index (χ0n) is 18.6. The van der Waals surface area contributed by atoms with Crippen molar-refractivity contribution in [2.45, 2.75) is 6.54 Å². The van der Waals surface area contributed by atoms with Gasteiger partial charge in [-0.1, -0.05) is 41.9 Å². The highest BCUT2D eigenvalue weighted by atomic mass is 35.5. The summed E-state index contributed by atoms with van der Waals surface area (Å²) in [6.07, 6.45) is 1.55. The molecule has 3 aromatic rings. The number of nitrogens with zero attached hydrogens (tertiary/aromatic N) is 3. The lowest BCUT2D eigenvalue weighted by atomic mass is 10.2. The average Bonchev–Trinajstić information content (AvgIpc) is 3.20. The number of nitrogens with one attached hydrogen (secondary N) is 1. The second-order valence-corrected chi connectivity index (χ2v) is 8.35. The fourth-order valence-corrected chi connectivity index (χ4v) is 3.85. The number of hydrogen-bond donors (Lipinski definition) is 1. The standard InChI is InChI=1S/C26H21ClN4O4/c27-19-6-4-5-18(15-19)16-30-13-14-31-17-23(35-26(31)29-25(30)33)24(32)28-20-9-11-22(12-10-20)34-21-7-2-1-3-8-21/h1-12,15,17H,13-14,16H2,(H,28,32). The Hall–Kier alpha value is -4.30. The zero-order chi connectivity index (χ0) is 24.2. The SMILES string of the molecule is O=C(Nc1ccc(Oc2ccccc2)cc1)C1=CN2CCN(Cc3cccc(Cl)c3)C(=O)N=C2O1. The maximum Gasteiger partial charge on any atom is 0.348 e. The zero-order valence-corrected chi connectivity index (χ0v) is 19.3. The van der Waals surface area contributed by atoms with E-state index in [-0.39, 0.29) is 11.8 Å². The monoisotopic (exact) mass is 488 g/mol. The minimum atomic E-state index is -0.444. The van der Waals surface area contributed by atoms with E-state index in [9.17, 15) is 9.59 Å². The highest BCUT2D eigenvalue weighted by Gasteiger charge is 2.31. The lowest BCUT2D eigenvalue weighted by Crippen LogP contribution is -2.31. The van der Waals surface area contributed by atoms with Crippen molar-refractivity contribution in [3.05, 3.63) is 101 Å². The molecule has 0 saturated carbocycles. The van der Waals surface area contributed by atoms with E-state index < -0.39 is 11.9 Å².